The Morgan fingerprint density at radius 1 is 0.615 bits per heavy atom. The Hall–Kier alpha value is -3.40. The van der Waals surface area contributed by atoms with Crippen LogP contribution in [0.25, 0.3) is 32.7 Å². The lowest BCUT2D eigenvalue weighted by Gasteiger charge is -2.14. The monoisotopic (exact) mass is 346 g/mol. The minimum atomic E-state index is -0.720. The zero-order chi connectivity index (χ0) is 18.3. The van der Waals surface area contributed by atoms with Crippen molar-refractivity contribution in [3.05, 3.63) is 83.4 Å². The second kappa shape index (κ2) is 6.15. The molecular weight excluding hydrogens is 334 g/mol. The number of rotatable bonds is 3. The molecule has 0 saturated heterocycles. The molecule has 0 N–H and O–H groups in total. The molecule has 0 aliphatic heterocycles. The first kappa shape index (κ1) is 16.1. The standard InChI is InChI=1S/C22H12F2O2/c23-21-17-7-3-1-5-13(17)9-15(11-25)19(21)20-16(12-26)10-14-6-2-4-8-18(14)22(20)24/h1-12H. The van der Waals surface area contributed by atoms with Crippen molar-refractivity contribution in [3.63, 3.8) is 0 Å². The summed E-state index contributed by atoms with van der Waals surface area (Å²) in [6, 6.07) is 16.2. The Bertz CT molecular complexity index is 1100. The number of carbonyl (C=O) groups excluding carboxylic acids is 2. The van der Waals surface area contributed by atoms with E-state index >= 15 is 8.78 Å². The highest BCUT2D eigenvalue weighted by atomic mass is 19.1. The third kappa shape index (κ3) is 2.30. The van der Waals surface area contributed by atoms with Crippen LogP contribution in [0.2, 0.25) is 0 Å². The van der Waals surface area contributed by atoms with Gasteiger partial charge in [-0.3, -0.25) is 9.59 Å². The molecular formula is C22H12F2O2. The lowest BCUT2D eigenvalue weighted by Crippen LogP contribution is -2.01. The third-order valence-corrected chi connectivity index (χ3v) is 4.54. The molecule has 0 radical (unpaired) electrons. The molecule has 126 valence electrons. The molecule has 4 rings (SSSR count). The molecule has 0 spiro atoms. The minimum Gasteiger partial charge on any atom is -0.298 e. The third-order valence-electron chi connectivity index (χ3n) is 4.54. The summed E-state index contributed by atoms with van der Waals surface area (Å²) in [6.45, 7) is 0. The molecule has 0 heterocycles. The quantitative estimate of drug-likeness (QED) is 0.455. The summed E-state index contributed by atoms with van der Waals surface area (Å²) < 4.78 is 30.5. The van der Waals surface area contributed by atoms with Crippen LogP contribution in [0.1, 0.15) is 20.7 Å². The van der Waals surface area contributed by atoms with E-state index in [-0.39, 0.29) is 33.0 Å². The van der Waals surface area contributed by atoms with Gasteiger partial charge in [-0.25, -0.2) is 8.78 Å². The topological polar surface area (TPSA) is 34.1 Å². The molecule has 0 bridgehead atoms. The average Bonchev–Trinajstić information content (AvgIpc) is 2.68. The maximum Gasteiger partial charge on any atom is 0.150 e. The van der Waals surface area contributed by atoms with Crippen LogP contribution in [0.4, 0.5) is 8.78 Å². The molecule has 2 nitrogen and oxygen atoms in total. The highest BCUT2D eigenvalue weighted by Crippen LogP contribution is 2.38. The van der Waals surface area contributed by atoms with Gasteiger partial charge in [0.1, 0.15) is 11.6 Å². The van der Waals surface area contributed by atoms with Gasteiger partial charge in [-0.2, -0.15) is 0 Å². The van der Waals surface area contributed by atoms with E-state index in [1.165, 1.54) is 12.1 Å². The Balaban J connectivity index is 2.20. The summed E-state index contributed by atoms with van der Waals surface area (Å²) in [6.07, 6.45) is 0.960. The molecule has 4 heteroatoms. The van der Waals surface area contributed by atoms with Crippen molar-refractivity contribution in [2.24, 2.45) is 0 Å². The second-order valence-corrected chi connectivity index (χ2v) is 5.99. The summed E-state index contributed by atoms with van der Waals surface area (Å²) in [7, 11) is 0. The summed E-state index contributed by atoms with van der Waals surface area (Å²) in [5, 5.41) is 1.59. The number of hydrogen-bond donors (Lipinski definition) is 0. The Kier molecular flexibility index (Phi) is 3.81. The van der Waals surface area contributed by atoms with Gasteiger partial charge in [-0.15, -0.1) is 0 Å². The molecule has 0 aliphatic rings. The van der Waals surface area contributed by atoms with E-state index in [1.54, 1.807) is 48.5 Å². The van der Waals surface area contributed by atoms with Crippen molar-refractivity contribution < 1.29 is 18.4 Å². The lowest BCUT2D eigenvalue weighted by atomic mass is 9.90. The van der Waals surface area contributed by atoms with E-state index in [0.29, 0.717) is 23.3 Å². The molecule has 0 amide bonds. The maximum absolute atomic E-state index is 15.3. The number of hydrogen-bond acceptors (Lipinski definition) is 2. The lowest BCUT2D eigenvalue weighted by molar-refractivity contribution is 0.111. The molecule has 4 aromatic carbocycles. The molecule has 4 aromatic rings. The smallest absolute Gasteiger partial charge is 0.150 e. The van der Waals surface area contributed by atoms with Crippen LogP contribution in [0.3, 0.4) is 0 Å². The van der Waals surface area contributed by atoms with Gasteiger partial charge in [-0.05, 0) is 22.9 Å². The van der Waals surface area contributed by atoms with Crippen LogP contribution in [-0.4, -0.2) is 12.6 Å². The normalized spacial score (nSPS) is 11.0. The van der Waals surface area contributed by atoms with E-state index in [2.05, 4.69) is 0 Å². The molecule has 0 aromatic heterocycles. The maximum atomic E-state index is 15.3. The van der Waals surface area contributed by atoms with Crippen molar-refractivity contribution in [1.82, 2.24) is 0 Å². The predicted octanol–water partition coefficient (Wildman–Crippen LogP) is 5.56. The van der Waals surface area contributed by atoms with E-state index < -0.39 is 11.6 Å². The Morgan fingerprint density at radius 3 is 1.38 bits per heavy atom. The number of benzene rings is 4. The van der Waals surface area contributed by atoms with E-state index in [4.69, 9.17) is 0 Å². The largest absolute Gasteiger partial charge is 0.298 e. The molecule has 26 heavy (non-hydrogen) atoms. The summed E-state index contributed by atoms with van der Waals surface area (Å²) in [5.74, 6) is -1.44. The number of halogens is 2. The molecule has 0 aliphatic carbocycles. The first-order chi connectivity index (χ1) is 12.7. The highest BCUT2D eigenvalue weighted by Gasteiger charge is 2.22. The van der Waals surface area contributed by atoms with Gasteiger partial charge < -0.3 is 0 Å². The van der Waals surface area contributed by atoms with Gasteiger partial charge in [0.05, 0.1) is 0 Å². The van der Waals surface area contributed by atoms with Crippen molar-refractivity contribution in [3.8, 4) is 11.1 Å². The van der Waals surface area contributed by atoms with Crippen molar-refractivity contribution >= 4 is 34.1 Å². The van der Waals surface area contributed by atoms with Crippen molar-refractivity contribution in [2.45, 2.75) is 0 Å². The second-order valence-electron chi connectivity index (χ2n) is 5.99. The summed E-state index contributed by atoms with van der Waals surface area (Å²) in [4.78, 5) is 23.2. The minimum absolute atomic E-state index is 0.00141. The fourth-order valence-corrected chi connectivity index (χ4v) is 3.34. The molecule has 0 atom stereocenters. The highest BCUT2D eigenvalue weighted by molar-refractivity contribution is 6.04. The Labute approximate surface area is 147 Å². The van der Waals surface area contributed by atoms with E-state index in [1.807, 2.05) is 0 Å². The summed E-state index contributed by atoms with van der Waals surface area (Å²) >= 11 is 0. The predicted molar refractivity (Wildman–Crippen MR) is 97.6 cm³/mol. The van der Waals surface area contributed by atoms with Gasteiger partial charge in [0.15, 0.2) is 12.6 Å². The van der Waals surface area contributed by atoms with Gasteiger partial charge in [0.25, 0.3) is 0 Å². The van der Waals surface area contributed by atoms with Crippen LogP contribution in [0.15, 0.2) is 60.7 Å². The van der Waals surface area contributed by atoms with Gasteiger partial charge in [0.2, 0.25) is 0 Å². The van der Waals surface area contributed by atoms with E-state index in [9.17, 15) is 9.59 Å². The van der Waals surface area contributed by atoms with Crippen LogP contribution in [0, 0.1) is 11.6 Å². The first-order valence-corrected chi connectivity index (χ1v) is 7.99. The zero-order valence-electron chi connectivity index (χ0n) is 13.5. The van der Waals surface area contributed by atoms with E-state index in [0.717, 1.165) is 0 Å². The van der Waals surface area contributed by atoms with Crippen molar-refractivity contribution in [2.75, 3.05) is 0 Å². The fraction of sp³-hybridized carbons (Fsp3) is 0. The summed E-state index contributed by atoms with van der Waals surface area (Å²) in [5.41, 5.74) is -0.384. The first-order valence-electron chi connectivity index (χ1n) is 7.99. The molecule has 0 unspecified atom stereocenters. The number of aldehydes is 2. The van der Waals surface area contributed by atoms with Crippen LogP contribution in [-0.2, 0) is 0 Å². The van der Waals surface area contributed by atoms with Crippen LogP contribution >= 0.6 is 0 Å². The number of fused-ring (bicyclic) bond motifs is 2. The fourth-order valence-electron chi connectivity index (χ4n) is 3.34. The van der Waals surface area contributed by atoms with Crippen molar-refractivity contribution in [1.29, 1.82) is 0 Å². The Morgan fingerprint density at radius 2 is 1.00 bits per heavy atom. The van der Waals surface area contributed by atoms with Gasteiger partial charge in [-0.1, -0.05) is 48.5 Å². The van der Waals surface area contributed by atoms with Gasteiger partial charge in [0, 0.05) is 33.0 Å². The molecule has 0 fully saturated rings. The zero-order valence-corrected chi connectivity index (χ0v) is 13.5. The number of carbonyl (C=O) groups is 2. The van der Waals surface area contributed by atoms with Gasteiger partial charge >= 0.3 is 0 Å². The van der Waals surface area contributed by atoms with Crippen LogP contribution in [0.5, 0.6) is 0 Å². The van der Waals surface area contributed by atoms with Crippen LogP contribution < -0.4 is 0 Å². The SMILES string of the molecule is O=Cc1cc2ccccc2c(F)c1-c1c(C=O)cc2ccccc2c1F. The molecule has 0 saturated carbocycles. The average molecular weight is 346 g/mol.